The van der Waals surface area contributed by atoms with E-state index in [-0.39, 0.29) is 0 Å². The van der Waals surface area contributed by atoms with E-state index in [4.69, 9.17) is 9.97 Å². The molecule has 0 bridgehead atoms. The lowest BCUT2D eigenvalue weighted by Gasteiger charge is -2.19. The zero-order valence-electron chi connectivity index (χ0n) is 13.6. The molecule has 6 nitrogen and oxygen atoms in total. The average molecular weight is 310 g/mol. The molecule has 0 atom stereocenters. The lowest BCUT2D eigenvalue weighted by atomic mass is 10.1. The molecule has 23 heavy (non-hydrogen) atoms. The number of fused-ring (bicyclic) bond motifs is 1. The third-order valence-electron chi connectivity index (χ3n) is 4.76. The maximum atomic E-state index is 4.89. The lowest BCUT2D eigenvalue weighted by molar-refractivity contribution is 0.768. The van der Waals surface area contributed by atoms with Crippen LogP contribution in [-0.2, 0) is 12.8 Å². The molecule has 0 unspecified atom stereocenters. The molecule has 2 aromatic rings. The molecule has 4 rings (SSSR count). The summed E-state index contributed by atoms with van der Waals surface area (Å²) in [6.45, 7) is 6.12. The standard InChI is InChI=1S/C17H22N6/c1-13-14-5-11-23(16-18-7-4-8-19-16)12-6-15(14)21-17(20-13)22-9-2-3-10-22/h4,7-8H,2-3,5-6,9-12H2,1H3. The predicted molar refractivity (Wildman–Crippen MR) is 89.9 cm³/mol. The van der Waals surface area contributed by atoms with Crippen LogP contribution in [0.2, 0.25) is 0 Å². The molecule has 6 heteroatoms. The smallest absolute Gasteiger partial charge is 0.225 e. The van der Waals surface area contributed by atoms with Crippen molar-refractivity contribution in [2.24, 2.45) is 0 Å². The first-order valence-electron chi connectivity index (χ1n) is 8.44. The van der Waals surface area contributed by atoms with E-state index < -0.39 is 0 Å². The molecule has 0 spiro atoms. The summed E-state index contributed by atoms with van der Waals surface area (Å²) in [6.07, 6.45) is 7.99. The quantitative estimate of drug-likeness (QED) is 0.843. The molecule has 120 valence electrons. The van der Waals surface area contributed by atoms with Crippen molar-refractivity contribution in [1.29, 1.82) is 0 Å². The van der Waals surface area contributed by atoms with Crippen molar-refractivity contribution < 1.29 is 0 Å². The zero-order valence-corrected chi connectivity index (χ0v) is 13.6. The van der Waals surface area contributed by atoms with Crippen molar-refractivity contribution in [3.05, 3.63) is 35.4 Å². The van der Waals surface area contributed by atoms with Crippen molar-refractivity contribution in [1.82, 2.24) is 19.9 Å². The number of rotatable bonds is 2. The van der Waals surface area contributed by atoms with Crippen LogP contribution in [-0.4, -0.2) is 46.1 Å². The predicted octanol–water partition coefficient (Wildman–Crippen LogP) is 1.78. The Morgan fingerprint density at radius 2 is 1.52 bits per heavy atom. The van der Waals surface area contributed by atoms with E-state index in [0.717, 1.165) is 56.6 Å². The fourth-order valence-corrected chi connectivity index (χ4v) is 3.48. The molecule has 2 aromatic heterocycles. The summed E-state index contributed by atoms with van der Waals surface area (Å²) >= 11 is 0. The number of hydrogen-bond acceptors (Lipinski definition) is 6. The summed E-state index contributed by atoms with van der Waals surface area (Å²) < 4.78 is 0. The van der Waals surface area contributed by atoms with E-state index in [9.17, 15) is 0 Å². The Bertz CT molecular complexity index is 681. The second-order valence-corrected chi connectivity index (χ2v) is 6.26. The summed E-state index contributed by atoms with van der Waals surface area (Å²) in [7, 11) is 0. The summed E-state index contributed by atoms with van der Waals surface area (Å²) in [5.74, 6) is 1.73. The molecule has 4 heterocycles. The van der Waals surface area contributed by atoms with E-state index in [1.54, 1.807) is 12.4 Å². The molecule has 0 aliphatic carbocycles. The van der Waals surface area contributed by atoms with Gasteiger partial charge < -0.3 is 9.80 Å². The zero-order chi connectivity index (χ0) is 15.6. The molecular weight excluding hydrogens is 288 g/mol. The van der Waals surface area contributed by atoms with Crippen LogP contribution >= 0.6 is 0 Å². The first kappa shape index (κ1) is 14.4. The summed E-state index contributed by atoms with van der Waals surface area (Å²) in [5.41, 5.74) is 3.65. The molecule has 0 radical (unpaired) electrons. The fraction of sp³-hybridized carbons (Fsp3) is 0.529. The Kier molecular flexibility index (Phi) is 3.81. The third kappa shape index (κ3) is 2.85. The Hall–Kier alpha value is -2.24. The maximum Gasteiger partial charge on any atom is 0.225 e. The highest BCUT2D eigenvalue weighted by Gasteiger charge is 2.22. The van der Waals surface area contributed by atoms with Gasteiger partial charge in [0.15, 0.2) is 0 Å². The molecule has 1 saturated heterocycles. The van der Waals surface area contributed by atoms with Crippen molar-refractivity contribution in [3.8, 4) is 0 Å². The second kappa shape index (κ2) is 6.10. The van der Waals surface area contributed by atoms with Crippen LogP contribution in [0.25, 0.3) is 0 Å². The number of aryl methyl sites for hydroxylation is 1. The van der Waals surface area contributed by atoms with Gasteiger partial charge in [-0.25, -0.2) is 19.9 Å². The van der Waals surface area contributed by atoms with Crippen molar-refractivity contribution in [3.63, 3.8) is 0 Å². The number of nitrogens with zero attached hydrogens (tertiary/aromatic N) is 6. The summed E-state index contributed by atoms with van der Waals surface area (Å²) in [6, 6.07) is 1.86. The van der Waals surface area contributed by atoms with Crippen LogP contribution in [0.15, 0.2) is 18.5 Å². The fourth-order valence-electron chi connectivity index (χ4n) is 3.48. The van der Waals surface area contributed by atoms with Crippen LogP contribution in [0.4, 0.5) is 11.9 Å². The van der Waals surface area contributed by atoms with E-state index >= 15 is 0 Å². The van der Waals surface area contributed by atoms with Crippen LogP contribution < -0.4 is 9.80 Å². The van der Waals surface area contributed by atoms with Crippen LogP contribution in [0.5, 0.6) is 0 Å². The molecule has 0 N–H and O–H groups in total. The maximum absolute atomic E-state index is 4.89. The van der Waals surface area contributed by atoms with Crippen LogP contribution in [0.3, 0.4) is 0 Å². The Morgan fingerprint density at radius 3 is 2.30 bits per heavy atom. The van der Waals surface area contributed by atoms with Gasteiger partial charge in [0, 0.05) is 50.7 Å². The normalized spacial score (nSPS) is 18.0. The SMILES string of the molecule is Cc1nc(N2CCCC2)nc2c1CCN(c1ncccn1)CC2. The highest BCUT2D eigenvalue weighted by Crippen LogP contribution is 2.23. The molecule has 0 aromatic carbocycles. The minimum atomic E-state index is 0.811. The van der Waals surface area contributed by atoms with Gasteiger partial charge in [0.2, 0.25) is 11.9 Å². The average Bonchev–Trinajstić information content (AvgIpc) is 3.03. The molecule has 2 aliphatic rings. The number of aromatic nitrogens is 4. The van der Waals surface area contributed by atoms with Gasteiger partial charge in [0.25, 0.3) is 0 Å². The van der Waals surface area contributed by atoms with Gasteiger partial charge in [-0.05, 0) is 37.8 Å². The second-order valence-electron chi connectivity index (χ2n) is 6.26. The molecule has 2 aliphatic heterocycles. The van der Waals surface area contributed by atoms with Crippen molar-refractivity contribution in [2.75, 3.05) is 36.0 Å². The van der Waals surface area contributed by atoms with Gasteiger partial charge in [-0.2, -0.15) is 0 Å². The van der Waals surface area contributed by atoms with E-state index in [2.05, 4.69) is 26.7 Å². The van der Waals surface area contributed by atoms with Crippen LogP contribution in [0, 0.1) is 6.92 Å². The first-order chi connectivity index (χ1) is 11.3. The van der Waals surface area contributed by atoms with E-state index in [0.29, 0.717) is 0 Å². The Balaban J connectivity index is 1.59. The van der Waals surface area contributed by atoms with Gasteiger partial charge in [-0.3, -0.25) is 0 Å². The Morgan fingerprint density at radius 1 is 0.826 bits per heavy atom. The lowest BCUT2D eigenvalue weighted by Crippen LogP contribution is -2.27. The monoisotopic (exact) mass is 310 g/mol. The number of hydrogen-bond donors (Lipinski definition) is 0. The minimum Gasteiger partial charge on any atom is -0.341 e. The highest BCUT2D eigenvalue weighted by atomic mass is 15.3. The first-order valence-corrected chi connectivity index (χ1v) is 8.44. The molecular formula is C17H22N6. The largest absolute Gasteiger partial charge is 0.341 e. The van der Waals surface area contributed by atoms with Gasteiger partial charge >= 0.3 is 0 Å². The molecule has 1 fully saturated rings. The molecule has 0 amide bonds. The van der Waals surface area contributed by atoms with Crippen molar-refractivity contribution >= 4 is 11.9 Å². The van der Waals surface area contributed by atoms with E-state index in [1.807, 2.05) is 6.07 Å². The highest BCUT2D eigenvalue weighted by molar-refractivity contribution is 5.40. The minimum absolute atomic E-state index is 0.811. The van der Waals surface area contributed by atoms with Crippen molar-refractivity contribution in [2.45, 2.75) is 32.6 Å². The molecule has 0 saturated carbocycles. The van der Waals surface area contributed by atoms with Crippen LogP contribution in [0.1, 0.15) is 29.8 Å². The number of anilines is 2. The summed E-state index contributed by atoms with van der Waals surface area (Å²) in [5, 5.41) is 0. The van der Waals surface area contributed by atoms with E-state index in [1.165, 1.54) is 24.1 Å². The summed E-state index contributed by atoms with van der Waals surface area (Å²) in [4.78, 5) is 23.0. The topological polar surface area (TPSA) is 58.0 Å². The Labute approximate surface area is 136 Å². The third-order valence-corrected chi connectivity index (χ3v) is 4.76. The van der Waals surface area contributed by atoms with Gasteiger partial charge in [-0.15, -0.1) is 0 Å². The van der Waals surface area contributed by atoms with Gasteiger partial charge in [-0.1, -0.05) is 0 Å². The van der Waals surface area contributed by atoms with Gasteiger partial charge in [0.05, 0.1) is 5.69 Å². The van der Waals surface area contributed by atoms with Gasteiger partial charge in [0.1, 0.15) is 0 Å².